The summed E-state index contributed by atoms with van der Waals surface area (Å²) in [6.07, 6.45) is 0.949. The molecule has 0 saturated carbocycles. The molecular weight excluding hydrogens is 296 g/mol. The molecule has 3 rings (SSSR count). The fourth-order valence-corrected chi connectivity index (χ4v) is 3.77. The highest BCUT2D eigenvalue weighted by Crippen LogP contribution is 2.44. The van der Waals surface area contributed by atoms with E-state index in [0.717, 1.165) is 17.8 Å². The van der Waals surface area contributed by atoms with Gasteiger partial charge in [-0.05, 0) is 74.9 Å². The lowest BCUT2D eigenvalue weighted by Gasteiger charge is -2.46. The lowest BCUT2D eigenvalue weighted by Crippen LogP contribution is -2.53. The van der Waals surface area contributed by atoms with Crippen molar-refractivity contribution in [3.63, 3.8) is 0 Å². The molecule has 1 aliphatic rings. The Morgan fingerprint density at radius 2 is 1.75 bits per heavy atom. The smallest absolute Gasteiger partial charge is 0.308 e. The van der Waals surface area contributed by atoms with Crippen molar-refractivity contribution in [1.29, 1.82) is 0 Å². The number of benzene rings is 2. The number of fused-ring (bicyclic) bond motifs is 1. The quantitative estimate of drug-likeness (QED) is 0.725. The first-order valence-electron chi connectivity index (χ1n) is 8.57. The number of hydrogen-bond acceptors (Lipinski definition) is 1. The van der Waals surface area contributed by atoms with Crippen LogP contribution in [0.3, 0.4) is 0 Å². The summed E-state index contributed by atoms with van der Waals surface area (Å²) in [4.78, 5) is 15.0. The van der Waals surface area contributed by atoms with Crippen molar-refractivity contribution < 1.29 is 4.79 Å². The molecule has 1 heterocycles. The van der Waals surface area contributed by atoms with E-state index in [4.69, 9.17) is 0 Å². The normalized spacial score (nSPS) is 18.9. The van der Waals surface area contributed by atoms with Gasteiger partial charge in [0.05, 0.1) is 0 Å². The van der Waals surface area contributed by atoms with Crippen LogP contribution >= 0.6 is 0 Å². The summed E-state index contributed by atoms with van der Waals surface area (Å²) in [7, 11) is 0. The molecule has 0 aliphatic carbocycles. The van der Waals surface area contributed by atoms with E-state index in [0.29, 0.717) is 5.92 Å². The van der Waals surface area contributed by atoms with Gasteiger partial charge in [-0.2, -0.15) is 0 Å². The number of nitrogens with one attached hydrogen (secondary N) is 1. The lowest BCUT2D eigenvalue weighted by atomic mass is 9.79. The van der Waals surface area contributed by atoms with Crippen molar-refractivity contribution in [3.05, 3.63) is 59.2 Å². The van der Waals surface area contributed by atoms with E-state index in [1.54, 1.807) is 0 Å². The fourth-order valence-electron chi connectivity index (χ4n) is 3.77. The van der Waals surface area contributed by atoms with Crippen LogP contribution < -0.4 is 10.2 Å². The van der Waals surface area contributed by atoms with Gasteiger partial charge in [0.15, 0.2) is 0 Å². The molecule has 1 aliphatic heterocycles. The Hall–Kier alpha value is -2.29. The SMILES string of the molecule is Cc1cc2c(cc1C)N(C(=O)Nc1ccccc1)C(C)(C)C[C@H]2C. The average Bonchev–Trinajstić information content (AvgIpc) is 2.49. The van der Waals surface area contributed by atoms with Gasteiger partial charge in [0.1, 0.15) is 0 Å². The first kappa shape index (κ1) is 16.6. The number of aryl methyl sites for hydroxylation is 2. The monoisotopic (exact) mass is 322 g/mol. The van der Waals surface area contributed by atoms with Crippen molar-refractivity contribution in [2.45, 2.75) is 52.5 Å². The van der Waals surface area contributed by atoms with E-state index in [1.807, 2.05) is 35.2 Å². The number of rotatable bonds is 1. The number of amides is 2. The molecule has 0 aromatic heterocycles. The van der Waals surface area contributed by atoms with E-state index in [1.165, 1.54) is 16.7 Å². The summed E-state index contributed by atoms with van der Waals surface area (Å²) in [6.45, 7) is 10.8. The van der Waals surface area contributed by atoms with Crippen molar-refractivity contribution in [3.8, 4) is 0 Å². The summed E-state index contributed by atoms with van der Waals surface area (Å²) < 4.78 is 0. The molecule has 0 unspecified atom stereocenters. The van der Waals surface area contributed by atoms with Crippen LogP contribution in [0.5, 0.6) is 0 Å². The van der Waals surface area contributed by atoms with E-state index in [9.17, 15) is 4.79 Å². The molecule has 3 nitrogen and oxygen atoms in total. The minimum absolute atomic E-state index is 0.0670. The van der Waals surface area contributed by atoms with Gasteiger partial charge >= 0.3 is 6.03 Å². The Kier molecular flexibility index (Phi) is 4.12. The second kappa shape index (κ2) is 5.97. The number of nitrogens with zero attached hydrogens (tertiary/aromatic N) is 1. The Labute approximate surface area is 144 Å². The molecule has 2 aromatic rings. The van der Waals surface area contributed by atoms with Gasteiger partial charge < -0.3 is 5.32 Å². The Morgan fingerprint density at radius 1 is 1.12 bits per heavy atom. The first-order valence-corrected chi connectivity index (χ1v) is 8.57. The van der Waals surface area contributed by atoms with Gasteiger partial charge in [-0.25, -0.2) is 4.79 Å². The molecule has 1 atom stereocenters. The van der Waals surface area contributed by atoms with Gasteiger partial charge in [-0.1, -0.05) is 31.2 Å². The average molecular weight is 322 g/mol. The van der Waals surface area contributed by atoms with Gasteiger partial charge in [0.25, 0.3) is 0 Å². The van der Waals surface area contributed by atoms with Crippen molar-refractivity contribution in [2.24, 2.45) is 0 Å². The molecule has 0 fully saturated rings. The predicted molar refractivity (Wildman–Crippen MR) is 101 cm³/mol. The minimum atomic E-state index is -0.229. The zero-order valence-corrected chi connectivity index (χ0v) is 15.2. The maximum atomic E-state index is 13.1. The predicted octanol–water partition coefficient (Wildman–Crippen LogP) is 5.63. The first-order chi connectivity index (χ1) is 11.3. The summed E-state index contributed by atoms with van der Waals surface area (Å²) in [5.74, 6) is 0.440. The van der Waals surface area contributed by atoms with Crippen LogP contribution in [0.1, 0.15) is 49.8 Å². The number of urea groups is 1. The number of para-hydroxylation sites is 1. The molecule has 2 aromatic carbocycles. The molecule has 0 spiro atoms. The fraction of sp³-hybridized carbons (Fsp3) is 0.381. The van der Waals surface area contributed by atoms with Crippen molar-refractivity contribution in [1.82, 2.24) is 0 Å². The molecule has 0 radical (unpaired) electrons. The van der Waals surface area contributed by atoms with Crippen LogP contribution in [0, 0.1) is 13.8 Å². The van der Waals surface area contributed by atoms with Crippen LogP contribution in [-0.2, 0) is 0 Å². The highest BCUT2D eigenvalue weighted by molar-refractivity contribution is 6.03. The van der Waals surface area contributed by atoms with E-state index in [-0.39, 0.29) is 11.6 Å². The molecule has 24 heavy (non-hydrogen) atoms. The minimum Gasteiger partial charge on any atom is -0.308 e. The van der Waals surface area contributed by atoms with Crippen LogP contribution in [0.15, 0.2) is 42.5 Å². The van der Waals surface area contributed by atoms with Gasteiger partial charge in [-0.3, -0.25) is 4.90 Å². The lowest BCUT2D eigenvalue weighted by molar-refractivity contribution is 0.247. The Bertz CT molecular complexity index is 765. The summed E-state index contributed by atoms with van der Waals surface area (Å²) in [6, 6.07) is 14.0. The van der Waals surface area contributed by atoms with Crippen LogP contribution in [0.4, 0.5) is 16.2 Å². The number of anilines is 2. The number of hydrogen-bond donors (Lipinski definition) is 1. The zero-order chi connectivity index (χ0) is 17.5. The molecule has 3 heteroatoms. The van der Waals surface area contributed by atoms with E-state index in [2.05, 4.69) is 52.1 Å². The van der Waals surface area contributed by atoms with Crippen LogP contribution in [-0.4, -0.2) is 11.6 Å². The maximum Gasteiger partial charge on any atom is 0.326 e. The molecule has 0 bridgehead atoms. The summed E-state index contributed by atoms with van der Waals surface area (Å²) in [5, 5.41) is 3.04. The molecule has 0 saturated heterocycles. The zero-order valence-electron chi connectivity index (χ0n) is 15.2. The Balaban J connectivity index is 2.04. The summed E-state index contributed by atoms with van der Waals surface area (Å²) >= 11 is 0. The highest BCUT2D eigenvalue weighted by Gasteiger charge is 2.40. The Morgan fingerprint density at radius 3 is 2.42 bits per heavy atom. The van der Waals surface area contributed by atoms with E-state index < -0.39 is 0 Å². The topological polar surface area (TPSA) is 32.3 Å². The van der Waals surface area contributed by atoms with Crippen molar-refractivity contribution in [2.75, 3.05) is 10.2 Å². The van der Waals surface area contributed by atoms with E-state index >= 15 is 0 Å². The second-order valence-electron chi connectivity index (χ2n) is 7.54. The highest BCUT2D eigenvalue weighted by atomic mass is 16.2. The van der Waals surface area contributed by atoms with Gasteiger partial charge in [-0.15, -0.1) is 0 Å². The van der Waals surface area contributed by atoms with Gasteiger partial charge in [0, 0.05) is 16.9 Å². The third-order valence-electron chi connectivity index (χ3n) is 5.05. The number of carbonyl (C=O) groups excluding carboxylic acids is 1. The maximum absolute atomic E-state index is 13.1. The van der Waals surface area contributed by atoms with Crippen molar-refractivity contribution >= 4 is 17.4 Å². The van der Waals surface area contributed by atoms with Crippen LogP contribution in [0.2, 0.25) is 0 Å². The largest absolute Gasteiger partial charge is 0.326 e. The standard InChI is InChI=1S/C21H26N2O/c1-14-11-18-16(3)13-21(4,5)23(19(18)12-15(14)2)20(24)22-17-9-7-6-8-10-17/h6-12,16H,13H2,1-5H3,(H,22,24)/t16-/m1/s1. The molecule has 126 valence electrons. The van der Waals surface area contributed by atoms with Gasteiger partial charge in [0.2, 0.25) is 0 Å². The second-order valence-corrected chi connectivity index (χ2v) is 7.54. The number of carbonyl (C=O) groups is 1. The molecular formula is C21H26N2O. The summed E-state index contributed by atoms with van der Waals surface area (Å²) in [5.41, 5.74) is 5.39. The van der Waals surface area contributed by atoms with Crippen LogP contribution in [0.25, 0.3) is 0 Å². The molecule has 2 amide bonds. The third kappa shape index (κ3) is 2.91. The molecule has 1 N–H and O–H groups in total. The third-order valence-corrected chi connectivity index (χ3v) is 5.05.